The largest absolute Gasteiger partial charge is 0.336 e. The Balaban J connectivity index is 1.68. The molecule has 0 aliphatic carbocycles. The zero-order valence-electron chi connectivity index (χ0n) is 12.7. The van der Waals surface area contributed by atoms with Crippen LogP contribution in [0.3, 0.4) is 0 Å². The number of carbonyl (C=O) groups excluding carboxylic acids is 1. The van der Waals surface area contributed by atoms with Gasteiger partial charge in [0.1, 0.15) is 0 Å². The van der Waals surface area contributed by atoms with Gasteiger partial charge in [-0.25, -0.2) is 0 Å². The van der Waals surface area contributed by atoms with E-state index in [4.69, 9.17) is 0 Å². The van der Waals surface area contributed by atoms with E-state index in [0.29, 0.717) is 13.0 Å². The molecule has 1 atom stereocenters. The first-order valence-electron chi connectivity index (χ1n) is 7.66. The second-order valence-electron chi connectivity index (χ2n) is 5.70. The molecule has 1 amide bonds. The van der Waals surface area contributed by atoms with Crippen LogP contribution >= 0.6 is 11.3 Å². The fourth-order valence-electron chi connectivity index (χ4n) is 3.11. The molecule has 1 unspecified atom stereocenters. The van der Waals surface area contributed by atoms with E-state index < -0.39 is 0 Å². The number of likely N-dealkylation sites (tertiary alicyclic amines) is 1. The van der Waals surface area contributed by atoms with E-state index in [1.165, 1.54) is 16.9 Å². The summed E-state index contributed by atoms with van der Waals surface area (Å²) in [6.45, 7) is 3.20. The molecule has 0 radical (unpaired) electrons. The zero-order chi connectivity index (χ0) is 15.5. The molecule has 1 fully saturated rings. The van der Waals surface area contributed by atoms with Gasteiger partial charge in [0.15, 0.2) is 0 Å². The van der Waals surface area contributed by atoms with Crippen LogP contribution in [0.5, 0.6) is 0 Å². The molecule has 2 aromatic rings. The number of rotatable bonds is 4. The van der Waals surface area contributed by atoms with Crippen LogP contribution in [0.25, 0.3) is 0 Å². The maximum absolute atomic E-state index is 12.6. The van der Waals surface area contributed by atoms with Crippen LogP contribution in [0.1, 0.15) is 36.6 Å². The number of hydrogen-bond donors (Lipinski definition) is 0. The van der Waals surface area contributed by atoms with Crippen molar-refractivity contribution in [3.05, 3.63) is 56.6 Å². The van der Waals surface area contributed by atoms with Crippen LogP contribution < -0.4 is 4.87 Å². The molecular weight excluding hydrogens is 296 g/mol. The summed E-state index contributed by atoms with van der Waals surface area (Å²) in [6, 6.07) is 10.4. The third-order valence-corrected chi connectivity index (χ3v) is 5.16. The molecule has 1 saturated heterocycles. The van der Waals surface area contributed by atoms with Gasteiger partial charge in [-0.3, -0.25) is 9.59 Å². The minimum atomic E-state index is 0.0198. The molecule has 1 aliphatic rings. The van der Waals surface area contributed by atoms with Crippen LogP contribution in [0.4, 0.5) is 0 Å². The number of amides is 1. The normalized spacial score (nSPS) is 17.9. The highest BCUT2D eigenvalue weighted by molar-refractivity contribution is 7.07. The Morgan fingerprint density at radius 1 is 1.32 bits per heavy atom. The van der Waals surface area contributed by atoms with E-state index in [2.05, 4.69) is 12.1 Å². The van der Waals surface area contributed by atoms with Gasteiger partial charge in [0.25, 0.3) is 0 Å². The van der Waals surface area contributed by atoms with Gasteiger partial charge in [-0.1, -0.05) is 41.7 Å². The molecule has 0 spiro atoms. The van der Waals surface area contributed by atoms with Crippen molar-refractivity contribution >= 4 is 17.2 Å². The number of aromatic nitrogens is 1. The van der Waals surface area contributed by atoms with Gasteiger partial charge >= 0.3 is 4.87 Å². The number of nitrogens with zero attached hydrogens (tertiary/aromatic N) is 2. The quantitative estimate of drug-likeness (QED) is 0.870. The second-order valence-corrected chi connectivity index (χ2v) is 6.52. The van der Waals surface area contributed by atoms with Crippen molar-refractivity contribution in [1.82, 2.24) is 9.47 Å². The van der Waals surface area contributed by atoms with Gasteiger partial charge in [-0.05, 0) is 25.3 Å². The lowest BCUT2D eigenvalue weighted by molar-refractivity contribution is -0.132. The molecule has 1 aliphatic heterocycles. The van der Waals surface area contributed by atoms with Crippen LogP contribution in [0, 0.1) is 6.92 Å². The van der Waals surface area contributed by atoms with Crippen LogP contribution in [0.2, 0.25) is 0 Å². The lowest BCUT2D eigenvalue weighted by Gasteiger charge is -2.25. The molecule has 0 N–H and O–H groups in total. The van der Waals surface area contributed by atoms with Crippen LogP contribution in [0.15, 0.2) is 40.5 Å². The summed E-state index contributed by atoms with van der Waals surface area (Å²) in [5.41, 5.74) is 2.14. The zero-order valence-corrected chi connectivity index (χ0v) is 13.5. The van der Waals surface area contributed by atoms with Crippen molar-refractivity contribution in [1.29, 1.82) is 0 Å². The molecule has 3 rings (SSSR count). The van der Waals surface area contributed by atoms with Crippen LogP contribution in [-0.4, -0.2) is 21.9 Å². The predicted molar refractivity (Wildman–Crippen MR) is 88.1 cm³/mol. The number of carbonyl (C=O) groups is 1. The number of thiazole rings is 1. The van der Waals surface area contributed by atoms with Crippen LogP contribution in [-0.2, 0) is 11.3 Å². The molecule has 22 heavy (non-hydrogen) atoms. The minimum Gasteiger partial charge on any atom is -0.336 e. The first-order valence-corrected chi connectivity index (χ1v) is 8.54. The van der Waals surface area contributed by atoms with Gasteiger partial charge < -0.3 is 9.47 Å². The van der Waals surface area contributed by atoms with Crippen molar-refractivity contribution in [2.75, 3.05) is 6.54 Å². The van der Waals surface area contributed by atoms with E-state index in [-0.39, 0.29) is 16.8 Å². The van der Waals surface area contributed by atoms with Gasteiger partial charge in [0.05, 0.1) is 6.04 Å². The van der Waals surface area contributed by atoms with E-state index in [1.807, 2.05) is 35.4 Å². The Morgan fingerprint density at radius 2 is 2.09 bits per heavy atom. The highest BCUT2D eigenvalue weighted by atomic mass is 32.1. The summed E-state index contributed by atoms with van der Waals surface area (Å²) in [5, 5.41) is 1.84. The van der Waals surface area contributed by atoms with E-state index in [9.17, 15) is 9.59 Å². The standard InChI is InChI=1S/C17H20N2O2S/c1-13-12-22-17(21)18(13)11-9-16(20)19-10-5-8-15(19)14-6-3-2-4-7-14/h2-4,6-7,12,15H,5,8-11H2,1H3. The third kappa shape index (κ3) is 2.99. The maximum Gasteiger partial charge on any atom is 0.307 e. The summed E-state index contributed by atoms with van der Waals surface area (Å²) in [4.78, 5) is 26.3. The summed E-state index contributed by atoms with van der Waals surface area (Å²) < 4.78 is 1.69. The Bertz CT molecular complexity index is 705. The van der Waals surface area contributed by atoms with E-state index in [1.54, 1.807) is 4.57 Å². The molecule has 2 heterocycles. The Hall–Kier alpha value is -1.88. The van der Waals surface area contributed by atoms with E-state index >= 15 is 0 Å². The highest BCUT2D eigenvalue weighted by Crippen LogP contribution is 2.32. The number of benzene rings is 1. The van der Waals surface area contributed by atoms with Gasteiger partial charge in [0.2, 0.25) is 5.91 Å². The monoisotopic (exact) mass is 316 g/mol. The van der Waals surface area contributed by atoms with Crippen molar-refractivity contribution in [2.45, 2.75) is 38.8 Å². The lowest BCUT2D eigenvalue weighted by atomic mass is 10.0. The molecule has 1 aromatic heterocycles. The Kier molecular flexibility index (Phi) is 4.43. The summed E-state index contributed by atoms with van der Waals surface area (Å²) in [7, 11) is 0. The van der Waals surface area contributed by atoms with Crippen molar-refractivity contribution in [3.63, 3.8) is 0 Å². The molecular formula is C17H20N2O2S. The first-order chi connectivity index (χ1) is 10.7. The van der Waals surface area contributed by atoms with E-state index in [0.717, 1.165) is 25.1 Å². The Labute approximate surface area is 134 Å². The van der Waals surface area contributed by atoms with Crippen molar-refractivity contribution in [2.24, 2.45) is 0 Å². The second kappa shape index (κ2) is 6.48. The highest BCUT2D eigenvalue weighted by Gasteiger charge is 2.29. The maximum atomic E-state index is 12.6. The smallest absolute Gasteiger partial charge is 0.307 e. The fraction of sp³-hybridized carbons (Fsp3) is 0.412. The Morgan fingerprint density at radius 3 is 2.77 bits per heavy atom. The minimum absolute atomic E-state index is 0.0198. The lowest BCUT2D eigenvalue weighted by Crippen LogP contribution is -2.32. The summed E-state index contributed by atoms with van der Waals surface area (Å²) >= 11 is 1.19. The SMILES string of the molecule is Cc1csc(=O)n1CCC(=O)N1CCCC1c1ccccc1. The average molecular weight is 316 g/mol. The number of hydrogen-bond acceptors (Lipinski definition) is 3. The summed E-state index contributed by atoms with van der Waals surface area (Å²) in [5.74, 6) is 0.142. The summed E-state index contributed by atoms with van der Waals surface area (Å²) in [6.07, 6.45) is 2.46. The average Bonchev–Trinajstić information content (AvgIpc) is 3.14. The molecule has 116 valence electrons. The molecule has 5 heteroatoms. The van der Waals surface area contributed by atoms with Crippen molar-refractivity contribution < 1.29 is 4.79 Å². The molecule has 0 saturated carbocycles. The van der Waals surface area contributed by atoms with Gasteiger partial charge in [-0.2, -0.15) is 0 Å². The third-order valence-electron chi connectivity index (χ3n) is 4.28. The molecule has 1 aromatic carbocycles. The predicted octanol–water partition coefficient (Wildman–Crippen LogP) is 2.97. The van der Waals surface area contributed by atoms with Crippen molar-refractivity contribution in [3.8, 4) is 0 Å². The first kappa shape index (κ1) is 15.0. The molecule has 4 nitrogen and oxygen atoms in total. The fourth-order valence-corrected chi connectivity index (χ4v) is 3.87. The molecule has 0 bridgehead atoms. The topological polar surface area (TPSA) is 42.3 Å². The van der Waals surface area contributed by atoms with Gasteiger partial charge in [-0.15, -0.1) is 0 Å². The van der Waals surface area contributed by atoms with Gasteiger partial charge in [0, 0.05) is 30.6 Å². The number of aryl methyl sites for hydroxylation is 1.